The van der Waals surface area contributed by atoms with Crippen molar-refractivity contribution in [3.63, 3.8) is 0 Å². The fourth-order valence-electron chi connectivity index (χ4n) is 2.00. The zero-order chi connectivity index (χ0) is 11.7. The molecule has 1 aromatic rings. The van der Waals surface area contributed by atoms with Crippen LogP contribution in [0.4, 0.5) is 4.39 Å². The number of furan rings is 1. The normalized spacial score (nSPS) is 24.7. The van der Waals surface area contributed by atoms with Crippen LogP contribution in [0.5, 0.6) is 0 Å². The van der Waals surface area contributed by atoms with E-state index in [0.717, 1.165) is 11.3 Å². The molecule has 2 atom stereocenters. The zero-order valence-corrected chi connectivity index (χ0v) is 9.55. The second-order valence-corrected chi connectivity index (χ2v) is 4.43. The highest BCUT2D eigenvalue weighted by Crippen LogP contribution is 2.22. The van der Waals surface area contributed by atoms with Gasteiger partial charge in [-0.25, -0.2) is 4.39 Å². The van der Waals surface area contributed by atoms with Crippen molar-refractivity contribution in [1.82, 2.24) is 5.32 Å². The highest BCUT2D eigenvalue weighted by molar-refractivity contribution is 5.92. The first kappa shape index (κ1) is 11.2. The number of nitrogens with one attached hydrogen (secondary N) is 1. The number of aryl methyl sites for hydroxylation is 2. The van der Waals surface area contributed by atoms with Crippen LogP contribution in [-0.4, -0.2) is 18.1 Å². The summed E-state index contributed by atoms with van der Waals surface area (Å²) in [7, 11) is 0. The van der Waals surface area contributed by atoms with Gasteiger partial charge in [-0.15, -0.1) is 0 Å². The Morgan fingerprint density at radius 3 is 2.75 bits per heavy atom. The minimum absolute atomic E-state index is 0.0480. The first-order valence-electron chi connectivity index (χ1n) is 5.58. The molecule has 1 fully saturated rings. The fourth-order valence-corrected chi connectivity index (χ4v) is 2.00. The van der Waals surface area contributed by atoms with E-state index >= 15 is 0 Å². The quantitative estimate of drug-likeness (QED) is 0.840. The summed E-state index contributed by atoms with van der Waals surface area (Å²) in [5.41, 5.74) is 0.958. The van der Waals surface area contributed by atoms with Gasteiger partial charge in [-0.2, -0.15) is 0 Å². The van der Waals surface area contributed by atoms with Gasteiger partial charge in [0.1, 0.15) is 11.9 Å². The van der Waals surface area contributed by atoms with Crippen molar-refractivity contribution in [2.45, 2.75) is 45.3 Å². The third kappa shape index (κ3) is 2.26. The molecule has 1 N–H and O–H groups in total. The van der Waals surface area contributed by atoms with Crippen molar-refractivity contribution in [2.75, 3.05) is 0 Å². The highest BCUT2D eigenvalue weighted by atomic mass is 19.1. The highest BCUT2D eigenvalue weighted by Gasteiger charge is 2.26. The summed E-state index contributed by atoms with van der Waals surface area (Å²) >= 11 is 0. The number of carbonyl (C=O) groups excluding carboxylic acids is 1. The van der Waals surface area contributed by atoms with Crippen molar-refractivity contribution in [3.05, 3.63) is 23.2 Å². The van der Waals surface area contributed by atoms with Crippen LogP contribution in [0.3, 0.4) is 0 Å². The number of halogens is 1. The van der Waals surface area contributed by atoms with Crippen LogP contribution in [0, 0.1) is 13.8 Å². The molecule has 1 aliphatic carbocycles. The second-order valence-electron chi connectivity index (χ2n) is 4.43. The topological polar surface area (TPSA) is 42.2 Å². The van der Waals surface area contributed by atoms with Crippen molar-refractivity contribution in [3.8, 4) is 0 Å². The predicted molar refractivity (Wildman–Crippen MR) is 58.2 cm³/mol. The monoisotopic (exact) mass is 225 g/mol. The molecule has 0 saturated heterocycles. The first-order chi connectivity index (χ1) is 7.56. The lowest BCUT2D eigenvalue weighted by Gasteiger charge is -2.09. The molecule has 88 valence electrons. The molecule has 2 rings (SSSR count). The second kappa shape index (κ2) is 4.28. The summed E-state index contributed by atoms with van der Waals surface area (Å²) < 4.78 is 18.2. The smallest absolute Gasteiger partial charge is 0.287 e. The van der Waals surface area contributed by atoms with E-state index in [4.69, 9.17) is 4.42 Å². The van der Waals surface area contributed by atoms with Gasteiger partial charge in [0.05, 0.1) is 0 Å². The van der Waals surface area contributed by atoms with Crippen LogP contribution >= 0.6 is 0 Å². The lowest BCUT2D eigenvalue weighted by Crippen LogP contribution is -2.32. The van der Waals surface area contributed by atoms with Gasteiger partial charge >= 0.3 is 0 Å². The van der Waals surface area contributed by atoms with E-state index in [9.17, 15) is 9.18 Å². The molecule has 0 bridgehead atoms. The first-order valence-corrected chi connectivity index (χ1v) is 5.58. The number of amides is 1. The summed E-state index contributed by atoms with van der Waals surface area (Å²) in [6.07, 6.45) is 0.905. The summed E-state index contributed by atoms with van der Waals surface area (Å²) in [5, 5.41) is 2.79. The largest absolute Gasteiger partial charge is 0.456 e. The Morgan fingerprint density at radius 1 is 1.50 bits per heavy atom. The molecule has 0 unspecified atom stereocenters. The van der Waals surface area contributed by atoms with Crippen LogP contribution in [0.15, 0.2) is 10.5 Å². The van der Waals surface area contributed by atoms with Crippen molar-refractivity contribution in [1.29, 1.82) is 0 Å². The van der Waals surface area contributed by atoms with E-state index < -0.39 is 6.17 Å². The lowest BCUT2D eigenvalue weighted by atomic mass is 10.2. The number of hydrogen-bond acceptors (Lipinski definition) is 2. The third-order valence-corrected chi connectivity index (χ3v) is 3.09. The number of hydrogen-bond donors (Lipinski definition) is 1. The molecular weight excluding hydrogens is 209 g/mol. The van der Waals surface area contributed by atoms with Crippen molar-refractivity contribution >= 4 is 5.91 Å². The average molecular weight is 225 g/mol. The molecule has 16 heavy (non-hydrogen) atoms. The Kier molecular flexibility index (Phi) is 2.99. The molecule has 1 amide bonds. The fraction of sp³-hybridized carbons (Fsp3) is 0.583. The Hall–Kier alpha value is -1.32. The molecule has 1 aliphatic rings. The van der Waals surface area contributed by atoms with Gasteiger partial charge in [0, 0.05) is 6.04 Å². The van der Waals surface area contributed by atoms with E-state index in [0.29, 0.717) is 25.0 Å². The number of carbonyl (C=O) groups is 1. The minimum atomic E-state index is -0.773. The van der Waals surface area contributed by atoms with Gasteiger partial charge in [0.15, 0.2) is 5.76 Å². The Labute approximate surface area is 94.0 Å². The molecule has 0 aliphatic heterocycles. The standard InChI is InChI=1S/C12H16FNO2/c1-7-5-11(16-8(7)2)12(15)14-10-4-3-9(13)6-10/h5,9-10H,3-4,6H2,1-2H3,(H,14,15)/t9-,10+/m0/s1. The molecule has 1 aromatic heterocycles. The molecular formula is C12H16FNO2. The summed E-state index contributed by atoms with van der Waals surface area (Å²) in [4.78, 5) is 11.7. The SMILES string of the molecule is Cc1cc(C(=O)N[C@@H]2CC[C@H](F)C2)oc1C. The van der Waals surface area contributed by atoms with E-state index in [-0.39, 0.29) is 11.9 Å². The van der Waals surface area contributed by atoms with Crippen LogP contribution < -0.4 is 5.32 Å². The predicted octanol–water partition coefficient (Wildman–Crippen LogP) is 2.52. The molecule has 4 heteroatoms. The van der Waals surface area contributed by atoms with Gasteiger partial charge < -0.3 is 9.73 Å². The van der Waals surface area contributed by atoms with Crippen molar-refractivity contribution < 1.29 is 13.6 Å². The van der Waals surface area contributed by atoms with Gasteiger partial charge in [0.2, 0.25) is 0 Å². The van der Waals surface area contributed by atoms with E-state index in [1.54, 1.807) is 6.07 Å². The molecule has 1 heterocycles. The lowest BCUT2D eigenvalue weighted by molar-refractivity contribution is 0.0907. The molecule has 3 nitrogen and oxygen atoms in total. The summed E-state index contributed by atoms with van der Waals surface area (Å²) in [5.74, 6) is 0.826. The Morgan fingerprint density at radius 2 is 2.25 bits per heavy atom. The minimum Gasteiger partial charge on any atom is -0.456 e. The van der Waals surface area contributed by atoms with E-state index in [1.165, 1.54) is 0 Å². The van der Waals surface area contributed by atoms with Crippen LogP contribution in [0.2, 0.25) is 0 Å². The molecule has 0 radical (unpaired) electrons. The molecule has 0 spiro atoms. The Bertz CT molecular complexity index is 380. The van der Waals surface area contributed by atoms with Crippen LogP contribution in [0.1, 0.15) is 41.1 Å². The number of alkyl halides is 1. The zero-order valence-electron chi connectivity index (χ0n) is 9.55. The third-order valence-electron chi connectivity index (χ3n) is 3.09. The molecule has 1 saturated carbocycles. The van der Waals surface area contributed by atoms with Gasteiger partial charge in [-0.3, -0.25) is 4.79 Å². The summed E-state index contributed by atoms with van der Waals surface area (Å²) in [6.45, 7) is 3.71. The Balaban J connectivity index is 1.98. The summed E-state index contributed by atoms with van der Waals surface area (Å²) in [6, 6.07) is 1.67. The van der Waals surface area contributed by atoms with Gasteiger partial charge in [-0.05, 0) is 44.7 Å². The van der Waals surface area contributed by atoms with Crippen LogP contribution in [0.25, 0.3) is 0 Å². The van der Waals surface area contributed by atoms with Gasteiger partial charge in [-0.1, -0.05) is 0 Å². The van der Waals surface area contributed by atoms with Gasteiger partial charge in [0.25, 0.3) is 5.91 Å². The molecule has 0 aromatic carbocycles. The maximum Gasteiger partial charge on any atom is 0.287 e. The number of rotatable bonds is 2. The van der Waals surface area contributed by atoms with Crippen molar-refractivity contribution in [2.24, 2.45) is 0 Å². The van der Waals surface area contributed by atoms with Crippen LogP contribution in [-0.2, 0) is 0 Å². The van der Waals surface area contributed by atoms with E-state index in [1.807, 2.05) is 13.8 Å². The maximum atomic E-state index is 12.9. The average Bonchev–Trinajstić information content (AvgIpc) is 2.75. The van der Waals surface area contributed by atoms with E-state index in [2.05, 4.69) is 5.32 Å². The maximum absolute atomic E-state index is 12.9.